The van der Waals surface area contributed by atoms with E-state index in [0.717, 1.165) is 18.7 Å². The molecule has 100 valence electrons. The maximum atomic E-state index is 5.67. The van der Waals surface area contributed by atoms with Gasteiger partial charge in [0.1, 0.15) is 5.75 Å². The monoisotopic (exact) mass is 247 g/mol. The van der Waals surface area contributed by atoms with E-state index in [9.17, 15) is 0 Å². The Hall–Kier alpha value is -1.02. The van der Waals surface area contributed by atoms with Crippen LogP contribution in [0.25, 0.3) is 0 Å². The number of nitrogens with one attached hydrogen (secondary N) is 1. The van der Waals surface area contributed by atoms with Crippen molar-refractivity contribution >= 4 is 0 Å². The van der Waals surface area contributed by atoms with Gasteiger partial charge in [-0.15, -0.1) is 0 Å². The third kappa shape index (κ3) is 3.74. The first-order valence-corrected chi connectivity index (χ1v) is 7.04. The third-order valence-corrected chi connectivity index (χ3v) is 3.61. The SMILES string of the molecule is CC(C)Oc1ccc(CC2(C)CCCNC2)cc1. The van der Waals surface area contributed by atoms with Crippen LogP contribution in [-0.2, 0) is 6.42 Å². The molecule has 1 aliphatic rings. The summed E-state index contributed by atoms with van der Waals surface area (Å²) in [6.07, 6.45) is 4.02. The van der Waals surface area contributed by atoms with Gasteiger partial charge in [0.15, 0.2) is 0 Å². The van der Waals surface area contributed by atoms with Gasteiger partial charge in [0, 0.05) is 6.54 Å². The van der Waals surface area contributed by atoms with E-state index in [2.05, 4.69) is 50.4 Å². The Bertz CT molecular complexity index is 363. The molecule has 2 rings (SSSR count). The molecule has 1 aliphatic heterocycles. The van der Waals surface area contributed by atoms with E-state index in [1.54, 1.807) is 0 Å². The van der Waals surface area contributed by atoms with Crippen molar-refractivity contribution in [2.45, 2.75) is 46.1 Å². The molecule has 1 N–H and O–H groups in total. The summed E-state index contributed by atoms with van der Waals surface area (Å²) >= 11 is 0. The minimum absolute atomic E-state index is 0.246. The summed E-state index contributed by atoms with van der Waals surface area (Å²) < 4.78 is 5.67. The lowest BCUT2D eigenvalue weighted by Crippen LogP contribution is -2.39. The standard InChI is InChI=1S/C16H25NO/c1-13(2)18-15-7-5-14(6-8-15)11-16(3)9-4-10-17-12-16/h5-8,13,17H,4,9-12H2,1-3H3. The highest BCUT2D eigenvalue weighted by molar-refractivity contribution is 5.28. The first-order chi connectivity index (χ1) is 8.57. The summed E-state index contributed by atoms with van der Waals surface area (Å²) in [7, 11) is 0. The van der Waals surface area contributed by atoms with Crippen LogP contribution < -0.4 is 10.1 Å². The molecule has 2 heteroatoms. The molecule has 1 fully saturated rings. The molecule has 0 amide bonds. The Balaban J connectivity index is 1.97. The summed E-state index contributed by atoms with van der Waals surface area (Å²) in [6, 6.07) is 8.60. The second kappa shape index (κ2) is 5.75. The van der Waals surface area contributed by atoms with Crippen molar-refractivity contribution in [1.29, 1.82) is 0 Å². The molecular weight excluding hydrogens is 222 g/mol. The molecule has 0 radical (unpaired) electrons. The molecule has 0 bridgehead atoms. The fraction of sp³-hybridized carbons (Fsp3) is 0.625. The van der Waals surface area contributed by atoms with E-state index in [1.807, 2.05) is 0 Å². The van der Waals surface area contributed by atoms with E-state index in [0.29, 0.717) is 5.41 Å². The molecule has 18 heavy (non-hydrogen) atoms. The molecule has 0 aliphatic carbocycles. The summed E-state index contributed by atoms with van der Waals surface area (Å²) in [5.41, 5.74) is 1.83. The zero-order chi connectivity index (χ0) is 13.0. The summed E-state index contributed by atoms with van der Waals surface area (Å²) in [4.78, 5) is 0. The average molecular weight is 247 g/mol. The van der Waals surface area contributed by atoms with E-state index in [4.69, 9.17) is 4.74 Å². The minimum Gasteiger partial charge on any atom is -0.491 e. The van der Waals surface area contributed by atoms with Crippen LogP contribution in [0.1, 0.15) is 39.2 Å². The molecule has 1 heterocycles. The zero-order valence-corrected chi connectivity index (χ0v) is 11.8. The molecule has 1 aromatic rings. The van der Waals surface area contributed by atoms with Crippen LogP contribution >= 0.6 is 0 Å². The molecule has 0 saturated carbocycles. The molecule has 2 nitrogen and oxygen atoms in total. The molecule has 0 aromatic heterocycles. The van der Waals surface area contributed by atoms with Crippen molar-refractivity contribution in [3.8, 4) is 5.75 Å². The Morgan fingerprint density at radius 3 is 2.56 bits per heavy atom. The fourth-order valence-electron chi connectivity index (χ4n) is 2.72. The highest BCUT2D eigenvalue weighted by Gasteiger charge is 2.26. The topological polar surface area (TPSA) is 21.3 Å². The van der Waals surface area contributed by atoms with Crippen LogP contribution in [0.5, 0.6) is 5.75 Å². The summed E-state index contributed by atoms with van der Waals surface area (Å²) in [5.74, 6) is 0.973. The number of benzene rings is 1. The van der Waals surface area contributed by atoms with Crippen molar-refractivity contribution in [1.82, 2.24) is 5.32 Å². The van der Waals surface area contributed by atoms with E-state index in [-0.39, 0.29) is 6.10 Å². The lowest BCUT2D eigenvalue weighted by molar-refractivity contribution is 0.233. The third-order valence-electron chi connectivity index (χ3n) is 3.61. The van der Waals surface area contributed by atoms with Crippen LogP contribution in [-0.4, -0.2) is 19.2 Å². The number of ether oxygens (including phenoxy) is 1. The summed E-state index contributed by atoms with van der Waals surface area (Å²) in [6.45, 7) is 8.82. The van der Waals surface area contributed by atoms with Gasteiger partial charge in [-0.1, -0.05) is 19.1 Å². The van der Waals surface area contributed by atoms with Crippen molar-refractivity contribution in [3.05, 3.63) is 29.8 Å². The largest absolute Gasteiger partial charge is 0.491 e. The maximum Gasteiger partial charge on any atom is 0.119 e. The second-order valence-electron chi connectivity index (χ2n) is 6.08. The second-order valence-corrected chi connectivity index (χ2v) is 6.08. The molecule has 0 spiro atoms. The van der Waals surface area contributed by atoms with E-state index < -0.39 is 0 Å². The van der Waals surface area contributed by atoms with Gasteiger partial charge in [-0.25, -0.2) is 0 Å². The van der Waals surface area contributed by atoms with Gasteiger partial charge in [0.25, 0.3) is 0 Å². The Morgan fingerprint density at radius 2 is 2.00 bits per heavy atom. The molecule has 1 saturated heterocycles. The Morgan fingerprint density at radius 1 is 1.28 bits per heavy atom. The zero-order valence-electron chi connectivity index (χ0n) is 11.8. The van der Waals surface area contributed by atoms with Crippen LogP contribution in [0.3, 0.4) is 0 Å². The summed E-state index contributed by atoms with van der Waals surface area (Å²) in [5, 5.41) is 3.51. The van der Waals surface area contributed by atoms with Crippen molar-refractivity contribution in [2.75, 3.05) is 13.1 Å². The van der Waals surface area contributed by atoms with Gasteiger partial charge in [-0.3, -0.25) is 0 Å². The van der Waals surface area contributed by atoms with Gasteiger partial charge >= 0.3 is 0 Å². The predicted molar refractivity (Wildman–Crippen MR) is 76.1 cm³/mol. The molecule has 1 aromatic carbocycles. The van der Waals surface area contributed by atoms with E-state index in [1.165, 1.54) is 24.9 Å². The smallest absolute Gasteiger partial charge is 0.119 e. The number of piperidine rings is 1. The predicted octanol–water partition coefficient (Wildman–Crippen LogP) is 3.41. The van der Waals surface area contributed by atoms with Gasteiger partial charge in [0.2, 0.25) is 0 Å². The van der Waals surface area contributed by atoms with Crippen LogP contribution in [0.4, 0.5) is 0 Å². The normalized spacial score (nSPS) is 24.2. The van der Waals surface area contributed by atoms with Crippen molar-refractivity contribution in [3.63, 3.8) is 0 Å². The van der Waals surface area contributed by atoms with Gasteiger partial charge < -0.3 is 10.1 Å². The first kappa shape index (κ1) is 13.4. The lowest BCUT2D eigenvalue weighted by Gasteiger charge is -2.34. The van der Waals surface area contributed by atoms with Crippen molar-refractivity contribution in [2.24, 2.45) is 5.41 Å². The average Bonchev–Trinajstić information content (AvgIpc) is 2.31. The maximum absolute atomic E-state index is 5.67. The quantitative estimate of drug-likeness (QED) is 0.880. The number of hydrogen-bond donors (Lipinski definition) is 1. The van der Waals surface area contributed by atoms with Gasteiger partial charge in [-0.2, -0.15) is 0 Å². The van der Waals surface area contributed by atoms with Gasteiger partial charge in [-0.05, 0) is 62.8 Å². The Kier molecular flexibility index (Phi) is 4.28. The number of hydrogen-bond acceptors (Lipinski definition) is 2. The van der Waals surface area contributed by atoms with Crippen LogP contribution in [0, 0.1) is 5.41 Å². The Labute approximate surface area is 111 Å². The highest BCUT2D eigenvalue weighted by atomic mass is 16.5. The minimum atomic E-state index is 0.246. The number of rotatable bonds is 4. The van der Waals surface area contributed by atoms with Crippen molar-refractivity contribution < 1.29 is 4.74 Å². The lowest BCUT2D eigenvalue weighted by atomic mass is 9.78. The van der Waals surface area contributed by atoms with Gasteiger partial charge in [0.05, 0.1) is 6.10 Å². The molecule has 1 atom stereocenters. The first-order valence-electron chi connectivity index (χ1n) is 7.04. The van der Waals surface area contributed by atoms with Crippen LogP contribution in [0.15, 0.2) is 24.3 Å². The fourth-order valence-corrected chi connectivity index (χ4v) is 2.72. The molecule has 1 unspecified atom stereocenters. The molecular formula is C16H25NO. The van der Waals surface area contributed by atoms with Crippen LogP contribution in [0.2, 0.25) is 0 Å². The highest BCUT2D eigenvalue weighted by Crippen LogP contribution is 2.30. The van der Waals surface area contributed by atoms with E-state index >= 15 is 0 Å².